The molecular formula is C16H21ClFNO2. The van der Waals surface area contributed by atoms with Gasteiger partial charge in [0.25, 0.3) is 0 Å². The number of halogens is 2. The summed E-state index contributed by atoms with van der Waals surface area (Å²) in [6.07, 6.45) is 0.944. The molecule has 1 amide bonds. The van der Waals surface area contributed by atoms with Gasteiger partial charge in [0.1, 0.15) is 11.4 Å². The van der Waals surface area contributed by atoms with Crippen molar-refractivity contribution < 1.29 is 13.9 Å². The number of hydrogen-bond donors (Lipinski definition) is 1. The number of carbonyl (C=O) groups is 1. The molecular weight excluding hydrogens is 293 g/mol. The third kappa shape index (κ3) is 7.71. The van der Waals surface area contributed by atoms with E-state index in [2.05, 4.69) is 5.32 Å². The van der Waals surface area contributed by atoms with E-state index in [9.17, 15) is 9.18 Å². The summed E-state index contributed by atoms with van der Waals surface area (Å²) in [6, 6.07) is 6.34. The van der Waals surface area contributed by atoms with Gasteiger partial charge in [-0.1, -0.05) is 23.7 Å². The van der Waals surface area contributed by atoms with E-state index in [1.807, 2.05) is 0 Å². The summed E-state index contributed by atoms with van der Waals surface area (Å²) in [4.78, 5) is 11.5. The van der Waals surface area contributed by atoms with Gasteiger partial charge >= 0.3 is 6.09 Å². The standard InChI is InChI=1S/C16H21ClFNO2/c1-16(2,3)21-15(20)19-11-13(10-17)5-4-12-6-8-14(18)9-7-12/h6-10H,4-5,11H2,1-3H3,(H,19,20)/b13-10-. The number of benzene rings is 1. The second kappa shape index (κ2) is 8.03. The van der Waals surface area contributed by atoms with Crippen LogP contribution in [0, 0.1) is 5.82 Å². The first-order valence-corrected chi connectivity index (χ1v) is 7.23. The van der Waals surface area contributed by atoms with Crippen LogP contribution in [-0.2, 0) is 11.2 Å². The Morgan fingerprint density at radius 1 is 1.33 bits per heavy atom. The Labute approximate surface area is 130 Å². The highest BCUT2D eigenvalue weighted by Gasteiger charge is 2.15. The van der Waals surface area contributed by atoms with Crippen LogP contribution in [0.2, 0.25) is 0 Å². The molecule has 3 nitrogen and oxygen atoms in total. The van der Waals surface area contributed by atoms with Crippen LogP contribution < -0.4 is 5.32 Å². The first-order valence-electron chi connectivity index (χ1n) is 6.79. The molecule has 0 atom stereocenters. The highest BCUT2D eigenvalue weighted by atomic mass is 35.5. The van der Waals surface area contributed by atoms with Crippen LogP contribution in [0.25, 0.3) is 0 Å². The van der Waals surface area contributed by atoms with E-state index >= 15 is 0 Å². The number of ether oxygens (including phenoxy) is 1. The molecule has 0 saturated heterocycles. The first kappa shape index (κ1) is 17.5. The van der Waals surface area contributed by atoms with Gasteiger partial charge in [-0.2, -0.15) is 0 Å². The fraction of sp³-hybridized carbons (Fsp3) is 0.438. The lowest BCUT2D eigenvalue weighted by atomic mass is 10.1. The highest BCUT2D eigenvalue weighted by molar-refractivity contribution is 6.25. The molecule has 1 rings (SSSR count). The number of amides is 1. The normalized spacial score (nSPS) is 12.1. The molecule has 21 heavy (non-hydrogen) atoms. The van der Waals surface area contributed by atoms with Gasteiger partial charge in [0, 0.05) is 12.1 Å². The van der Waals surface area contributed by atoms with E-state index < -0.39 is 11.7 Å². The summed E-state index contributed by atoms with van der Waals surface area (Å²) in [5, 5.41) is 2.66. The fourth-order valence-corrected chi connectivity index (χ4v) is 1.82. The molecule has 0 bridgehead atoms. The summed E-state index contributed by atoms with van der Waals surface area (Å²) < 4.78 is 17.9. The molecule has 0 aromatic heterocycles. The lowest BCUT2D eigenvalue weighted by Crippen LogP contribution is -2.33. The maximum atomic E-state index is 12.8. The SMILES string of the molecule is CC(C)(C)OC(=O)NC/C(=C\Cl)CCc1ccc(F)cc1. The largest absolute Gasteiger partial charge is 0.444 e. The number of nitrogens with one attached hydrogen (secondary N) is 1. The lowest BCUT2D eigenvalue weighted by molar-refractivity contribution is 0.0532. The van der Waals surface area contributed by atoms with Crippen molar-refractivity contribution in [1.29, 1.82) is 0 Å². The maximum Gasteiger partial charge on any atom is 0.407 e. The minimum atomic E-state index is -0.525. The van der Waals surface area contributed by atoms with Gasteiger partial charge in [0.05, 0.1) is 0 Å². The summed E-state index contributed by atoms with van der Waals surface area (Å²) >= 11 is 5.76. The van der Waals surface area contributed by atoms with E-state index in [-0.39, 0.29) is 5.82 Å². The Hall–Kier alpha value is -1.55. The van der Waals surface area contributed by atoms with E-state index in [0.29, 0.717) is 13.0 Å². The van der Waals surface area contributed by atoms with Crippen LogP contribution in [0.15, 0.2) is 35.4 Å². The van der Waals surface area contributed by atoms with Gasteiger partial charge in [-0.3, -0.25) is 0 Å². The zero-order valence-corrected chi connectivity index (χ0v) is 13.3. The molecule has 0 aliphatic carbocycles. The van der Waals surface area contributed by atoms with Crippen LogP contribution in [0.3, 0.4) is 0 Å². The van der Waals surface area contributed by atoms with Gasteiger partial charge in [-0.15, -0.1) is 0 Å². The Kier molecular flexibility index (Phi) is 6.69. The van der Waals surface area contributed by atoms with Crippen molar-refractivity contribution in [2.24, 2.45) is 0 Å². The van der Waals surface area contributed by atoms with Crippen molar-refractivity contribution in [3.05, 3.63) is 46.8 Å². The summed E-state index contributed by atoms with van der Waals surface area (Å²) in [6.45, 7) is 5.75. The van der Waals surface area contributed by atoms with Crippen molar-refractivity contribution in [2.75, 3.05) is 6.54 Å². The highest BCUT2D eigenvalue weighted by Crippen LogP contribution is 2.11. The summed E-state index contributed by atoms with van der Waals surface area (Å²) in [5.41, 5.74) is 2.83. The third-order valence-corrected chi connectivity index (χ3v) is 2.97. The molecule has 0 radical (unpaired) electrons. The van der Waals surface area contributed by atoms with Crippen LogP contribution in [0.5, 0.6) is 0 Å². The number of aryl methyl sites for hydroxylation is 1. The smallest absolute Gasteiger partial charge is 0.407 e. The molecule has 0 spiro atoms. The Bertz CT molecular complexity index is 492. The van der Waals surface area contributed by atoms with Gasteiger partial charge in [-0.25, -0.2) is 9.18 Å². The topological polar surface area (TPSA) is 38.3 Å². The third-order valence-electron chi connectivity index (χ3n) is 2.66. The minimum absolute atomic E-state index is 0.251. The van der Waals surface area contributed by atoms with Gasteiger partial charge in [0.2, 0.25) is 0 Å². The monoisotopic (exact) mass is 313 g/mol. The second-order valence-electron chi connectivity index (χ2n) is 5.75. The number of carbonyl (C=O) groups excluding carboxylic acids is 1. The molecule has 0 aliphatic rings. The molecule has 5 heteroatoms. The van der Waals surface area contributed by atoms with Gasteiger partial charge < -0.3 is 10.1 Å². The minimum Gasteiger partial charge on any atom is -0.444 e. The zero-order chi connectivity index (χ0) is 15.9. The van der Waals surface area contributed by atoms with Crippen molar-refractivity contribution >= 4 is 17.7 Å². The zero-order valence-electron chi connectivity index (χ0n) is 12.6. The van der Waals surface area contributed by atoms with E-state index in [4.69, 9.17) is 16.3 Å². The molecule has 0 heterocycles. The Morgan fingerprint density at radius 2 is 1.95 bits per heavy atom. The second-order valence-corrected chi connectivity index (χ2v) is 5.97. The average molecular weight is 314 g/mol. The van der Waals surface area contributed by atoms with Crippen LogP contribution in [0.1, 0.15) is 32.8 Å². The molecule has 1 aromatic rings. The fourth-order valence-electron chi connectivity index (χ4n) is 1.64. The number of alkyl carbamates (subject to hydrolysis) is 1. The predicted octanol–water partition coefficient (Wildman–Crippen LogP) is 4.41. The van der Waals surface area contributed by atoms with Crippen LogP contribution >= 0.6 is 11.6 Å². The first-order chi connectivity index (χ1) is 9.80. The lowest BCUT2D eigenvalue weighted by Gasteiger charge is -2.20. The predicted molar refractivity (Wildman–Crippen MR) is 82.9 cm³/mol. The molecule has 0 saturated carbocycles. The molecule has 0 fully saturated rings. The van der Waals surface area contributed by atoms with Crippen molar-refractivity contribution in [3.63, 3.8) is 0 Å². The molecule has 1 N–H and O–H groups in total. The molecule has 0 unspecified atom stereocenters. The Balaban J connectivity index is 2.39. The van der Waals surface area contributed by atoms with E-state index in [1.54, 1.807) is 32.9 Å². The number of rotatable bonds is 5. The quantitative estimate of drug-likeness (QED) is 0.874. The average Bonchev–Trinajstić information content (AvgIpc) is 2.39. The van der Waals surface area contributed by atoms with E-state index in [0.717, 1.165) is 17.6 Å². The van der Waals surface area contributed by atoms with Crippen molar-refractivity contribution in [3.8, 4) is 0 Å². The van der Waals surface area contributed by atoms with Crippen LogP contribution in [0.4, 0.5) is 9.18 Å². The van der Waals surface area contributed by atoms with Crippen LogP contribution in [-0.4, -0.2) is 18.2 Å². The summed E-state index contributed by atoms with van der Waals surface area (Å²) in [7, 11) is 0. The van der Waals surface area contributed by atoms with Gasteiger partial charge in [0.15, 0.2) is 0 Å². The number of hydrogen-bond acceptors (Lipinski definition) is 2. The summed E-state index contributed by atoms with van der Waals surface area (Å²) in [5.74, 6) is -0.251. The molecule has 1 aromatic carbocycles. The molecule has 0 aliphatic heterocycles. The van der Waals surface area contributed by atoms with E-state index in [1.165, 1.54) is 17.7 Å². The van der Waals surface area contributed by atoms with Crippen molar-refractivity contribution in [2.45, 2.75) is 39.2 Å². The van der Waals surface area contributed by atoms with Crippen molar-refractivity contribution in [1.82, 2.24) is 5.32 Å². The molecule has 116 valence electrons. The maximum absolute atomic E-state index is 12.8. The van der Waals surface area contributed by atoms with Gasteiger partial charge in [-0.05, 0) is 56.9 Å². The Morgan fingerprint density at radius 3 is 2.48 bits per heavy atom.